The molecule has 0 unspecified atom stereocenters. The smallest absolute Gasteiger partial charge is 0.331 e. The molecule has 0 saturated carbocycles. The van der Waals surface area contributed by atoms with Crippen LogP contribution in [0.2, 0.25) is 0 Å². The van der Waals surface area contributed by atoms with Crippen LogP contribution in [0, 0.1) is 5.82 Å². The summed E-state index contributed by atoms with van der Waals surface area (Å²) in [6.07, 6.45) is 0.709. The van der Waals surface area contributed by atoms with Crippen molar-refractivity contribution in [3.05, 3.63) is 42.2 Å². The monoisotopic (exact) mass is 309 g/mol. The summed E-state index contributed by atoms with van der Waals surface area (Å²) in [6, 6.07) is 5.13. The summed E-state index contributed by atoms with van der Waals surface area (Å²) in [4.78, 5) is 34.2. The molecule has 1 aromatic rings. The lowest BCUT2D eigenvalue weighted by Crippen LogP contribution is -2.29. The highest BCUT2D eigenvalue weighted by atomic mass is 19.1. The van der Waals surface area contributed by atoms with Crippen molar-refractivity contribution in [3.63, 3.8) is 0 Å². The second-order valence-corrected chi connectivity index (χ2v) is 4.16. The maximum Gasteiger partial charge on any atom is 0.331 e. The van der Waals surface area contributed by atoms with Crippen LogP contribution in [0.25, 0.3) is 0 Å². The zero-order chi connectivity index (χ0) is 16.5. The number of esters is 2. The Balaban J connectivity index is 2.48. The standard InChI is InChI=1S/C15H16FNO5/c1-3-21-13(18)8-9-14(19)22-10(2)15(20)17-12-6-4-11(16)5-7-12/h4-10H,3H2,1-2H3,(H,17,20)/b9-8+/t10-/m0/s1. The van der Waals surface area contributed by atoms with E-state index in [0.29, 0.717) is 5.69 Å². The molecule has 0 aliphatic heterocycles. The molecule has 1 amide bonds. The Kier molecular flexibility index (Phi) is 6.75. The van der Waals surface area contributed by atoms with Gasteiger partial charge in [0.05, 0.1) is 6.61 Å². The summed E-state index contributed by atoms with van der Waals surface area (Å²) >= 11 is 0. The predicted molar refractivity (Wildman–Crippen MR) is 76.4 cm³/mol. The topological polar surface area (TPSA) is 81.7 Å². The Labute approximate surface area is 126 Å². The van der Waals surface area contributed by atoms with Crippen molar-refractivity contribution in [1.29, 1.82) is 0 Å². The van der Waals surface area contributed by atoms with Crippen LogP contribution in [-0.4, -0.2) is 30.6 Å². The molecule has 0 bridgehead atoms. The van der Waals surface area contributed by atoms with E-state index in [2.05, 4.69) is 10.1 Å². The van der Waals surface area contributed by atoms with Crippen LogP contribution >= 0.6 is 0 Å². The molecule has 22 heavy (non-hydrogen) atoms. The maximum atomic E-state index is 12.7. The molecule has 7 heteroatoms. The van der Waals surface area contributed by atoms with E-state index in [4.69, 9.17) is 4.74 Å². The number of amides is 1. The molecule has 1 rings (SSSR count). The van der Waals surface area contributed by atoms with Gasteiger partial charge in [0, 0.05) is 17.8 Å². The lowest BCUT2D eigenvalue weighted by atomic mass is 10.3. The number of rotatable bonds is 6. The van der Waals surface area contributed by atoms with E-state index in [9.17, 15) is 18.8 Å². The average Bonchev–Trinajstić information content (AvgIpc) is 2.47. The van der Waals surface area contributed by atoms with Gasteiger partial charge in [0.15, 0.2) is 6.10 Å². The SMILES string of the molecule is CCOC(=O)/C=C/C(=O)O[C@@H](C)C(=O)Nc1ccc(F)cc1. The molecule has 0 saturated heterocycles. The maximum absolute atomic E-state index is 12.7. The fourth-order valence-electron chi connectivity index (χ4n) is 1.37. The molecule has 0 spiro atoms. The van der Waals surface area contributed by atoms with E-state index in [-0.39, 0.29) is 6.61 Å². The van der Waals surface area contributed by atoms with E-state index >= 15 is 0 Å². The van der Waals surface area contributed by atoms with E-state index in [1.807, 2.05) is 0 Å². The highest BCUT2D eigenvalue weighted by Crippen LogP contribution is 2.09. The van der Waals surface area contributed by atoms with Crippen LogP contribution in [0.1, 0.15) is 13.8 Å². The molecule has 118 valence electrons. The van der Waals surface area contributed by atoms with Crippen LogP contribution < -0.4 is 5.32 Å². The Bertz CT molecular complexity index is 568. The molecule has 0 heterocycles. The second kappa shape index (κ2) is 8.56. The third kappa shape index (κ3) is 6.17. The molecule has 1 atom stereocenters. The zero-order valence-electron chi connectivity index (χ0n) is 12.2. The van der Waals surface area contributed by atoms with Gasteiger partial charge in [0.25, 0.3) is 5.91 Å². The van der Waals surface area contributed by atoms with Gasteiger partial charge in [-0.05, 0) is 38.1 Å². The fourth-order valence-corrected chi connectivity index (χ4v) is 1.37. The van der Waals surface area contributed by atoms with Gasteiger partial charge in [-0.15, -0.1) is 0 Å². The van der Waals surface area contributed by atoms with Crippen molar-refractivity contribution < 1.29 is 28.2 Å². The molecular formula is C15H16FNO5. The summed E-state index contributed by atoms with van der Waals surface area (Å²) in [5, 5.41) is 2.46. The number of ether oxygens (including phenoxy) is 2. The minimum Gasteiger partial charge on any atom is -0.463 e. The van der Waals surface area contributed by atoms with Crippen molar-refractivity contribution in [2.24, 2.45) is 0 Å². The average molecular weight is 309 g/mol. The highest BCUT2D eigenvalue weighted by molar-refractivity contribution is 5.97. The van der Waals surface area contributed by atoms with Gasteiger partial charge in [-0.3, -0.25) is 4.79 Å². The van der Waals surface area contributed by atoms with E-state index in [1.54, 1.807) is 6.92 Å². The van der Waals surface area contributed by atoms with Crippen LogP contribution in [0.15, 0.2) is 36.4 Å². The summed E-state index contributed by atoms with van der Waals surface area (Å²) < 4.78 is 22.1. The number of hydrogen-bond acceptors (Lipinski definition) is 5. The quantitative estimate of drug-likeness (QED) is 0.640. The highest BCUT2D eigenvalue weighted by Gasteiger charge is 2.16. The number of anilines is 1. The van der Waals surface area contributed by atoms with Crippen LogP contribution in [0.4, 0.5) is 10.1 Å². The number of carbonyl (C=O) groups is 3. The first-order valence-electron chi connectivity index (χ1n) is 6.54. The van der Waals surface area contributed by atoms with Crippen molar-refractivity contribution in [1.82, 2.24) is 0 Å². The zero-order valence-corrected chi connectivity index (χ0v) is 12.2. The minimum absolute atomic E-state index is 0.189. The van der Waals surface area contributed by atoms with Gasteiger partial charge in [-0.2, -0.15) is 0 Å². The van der Waals surface area contributed by atoms with Crippen LogP contribution in [0.5, 0.6) is 0 Å². The number of hydrogen-bond donors (Lipinski definition) is 1. The van der Waals surface area contributed by atoms with E-state index in [1.165, 1.54) is 31.2 Å². The molecule has 6 nitrogen and oxygen atoms in total. The first-order valence-corrected chi connectivity index (χ1v) is 6.54. The summed E-state index contributed by atoms with van der Waals surface area (Å²) in [5.74, 6) is -2.54. The number of benzene rings is 1. The number of nitrogens with one attached hydrogen (secondary N) is 1. The normalized spacial score (nSPS) is 11.8. The number of carbonyl (C=O) groups excluding carboxylic acids is 3. The van der Waals surface area contributed by atoms with Gasteiger partial charge in [-0.1, -0.05) is 0 Å². The van der Waals surface area contributed by atoms with Gasteiger partial charge in [-0.25, -0.2) is 14.0 Å². The number of halogens is 1. The second-order valence-electron chi connectivity index (χ2n) is 4.16. The lowest BCUT2D eigenvalue weighted by Gasteiger charge is -2.12. The summed E-state index contributed by atoms with van der Waals surface area (Å²) in [5.41, 5.74) is 0.372. The van der Waals surface area contributed by atoms with E-state index < -0.39 is 29.8 Å². The first kappa shape index (κ1) is 17.4. The van der Waals surface area contributed by atoms with Crippen LogP contribution in [0.3, 0.4) is 0 Å². The van der Waals surface area contributed by atoms with Gasteiger partial charge >= 0.3 is 11.9 Å². The molecule has 0 radical (unpaired) electrons. The minimum atomic E-state index is -1.08. The van der Waals surface area contributed by atoms with E-state index in [0.717, 1.165) is 12.2 Å². The predicted octanol–water partition coefficient (Wildman–Crippen LogP) is 1.82. The molecule has 1 aromatic carbocycles. The largest absolute Gasteiger partial charge is 0.463 e. The fraction of sp³-hybridized carbons (Fsp3) is 0.267. The molecule has 0 aromatic heterocycles. The third-order valence-corrected chi connectivity index (χ3v) is 2.42. The Morgan fingerprint density at radius 3 is 2.36 bits per heavy atom. The summed E-state index contributed by atoms with van der Waals surface area (Å²) in [6.45, 7) is 3.19. The van der Waals surface area contributed by atoms with Crippen molar-refractivity contribution in [2.45, 2.75) is 20.0 Å². The van der Waals surface area contributed by atoms with Crippen molar-refractivity contribution in [2.75, 3.05) is 11.9 Å². The third-order valence-electron chi connectivity index (χ3n) is 2.42. The Morgan fingerprint density at radius 2 is 1.77 bits per heavy atom. The Hall–Kier alpha value is -2.70. The van der Waals surface area contributed by atoms with Crippen LogP contribution in [-0.2, 0) is 23.9 Å². The molecule has 0 aliphatic rings. The first-order chi connectivity index (χ1) is 10.4. The van der Waals surface area contributed by atoms with Gasteiger partial charge in [0.2, 0.25) is 0 Å². The van der Waals surface area contributed by atoms with Crippen molar-refractivity contribution in [3.8, 4) is 0 Å². The molecular weight excluding hydrogens is 293 g/mol. The lowest BCUT2D eigenvalue weighted by molar-refractivity contribution is -0.148. The molecule has 0 fully saturated rings. The van der Waals surface area contributed by atoms with Crippen molar-refractivity contribution >= 4 is 23.5 Å². The van der Waals surface area contributed by atoms with Gasteiger partial charge in [0.1, 0.15) is 5.82 Å². The molecule has 1 N–H and O–H groups in total. The van der Waals surface area contributed by atoms with Gasteiger partial charge < -0.3 is 14.8 Å². The Morgan fingerprint density at radius 1 is 1.18 bits per heavy atom. The summed E-state index contributed by atoms with van der Waals surface area (Å²) in [7, 11) is 0. The molecule has 0 aliphatic carbocycles.